The van der Waals surface area contributed by atoms with Crippen LogP contribution in [-0.2, 0) is 16.1 Å². The number of allylic oxidation sites excluding steroid dienone is 2. The predicted octanol–water partition coefficient (Wildman–Crippen LogP) is 5.23. The zero-order chi connectivity index (χ0) is 28.4. The van der Waals surface area contributed by atoms with Gasteiger partial charge in [0.1, 0.15) is 6.54 Å². The van der Waals surface area contributed by atoms with Crippen molar-refractivity contribution in [3.8, 4) is 11.5 Å². The third kappa shape index (κ3) is 7.33. The number of hydrogen-bond donors (Lipinski definition) is 1. The third-order valence-corrected chi connectivity index (χ3v) is 6.64. The van der Waals surface area contributed by atoms with Crippen LogP contribution in [0, 0.1) is 0 Å². The summed E-state index contributed by atoms with van der Waals surface area (Å²) < 4.78 is 17.0. The maximum Gasteiger partial charge on any atom is 0.420 e. The zero-order valence-corrected chi connectivity index (χ0v) is 22.5. The Labute approximate surface area is 237 Å². The monoisotopic (exact) mass is 553 g/mol. The number of rotatable bonds is 6. The van der Waals surface area contributed by atoms with E-state index in [1.807, 2.05) is 53.5 Å². The molecule has 9 nitrogen and oxygen atoms in total. The number of piperidine rings is 1. The highest BCUT2D eigenvalue weighted by molar-refractivity contribution is 5.91. The summed E-state index contributed by atoms with van der Waals surface area (Å²) in [5, 5.41) is 2.73. The minimum atomic E-state index is -0.533. The van der Waals surface area contributed by atoms with Gasteiger partial charge in [0.25, 0.3) is 0 Å². The van der Waals surface area contributed by atoms with E-state index in [0.717, 1.165) is 43.0 Å². The molecule has 4 aromatic rings. The molecule has 2 aliphatic rings. The summed E-state index contributed by atoms with van der Waals surface area (Å²) in [5.41, 5.74) is 2.80. The van der Waals surface area contributed by atoms with Crippen LogP contribution in [0.15, 0.2) is 100 Å². The summed E-state index contributed by atoms with van der Waals surface area (Å²) >= 11 is 0. The van der Waals surface area contributed by atoms with Crippen LogP contribution in [0.5, 0.6) is 11.5 Å². The average Bonchev–Trinajstić information content (AvgIpc) is 3.60. The van der Waals surface area contributed by atoms with E-state index < -0.39 is 5.76 Å². The van der Waals surface area contributed by atoms with Crippen molar-refractivity contribution in [2.45, 2.75) is 25.8 Å². The number of amides is 2. The molecule has 1 saturated heterocycles. The molecule has 0 spiro atoms. The molecule has 210 valence electrons. The quantitative estimate of drug-likeness (QED) is 0.259. The van der Waals surface area contributed by atoms with E-state index in [1.54, 1.807) is 48.6 Å². The first kappa shape index (κ1) is 27.5. The van der Waals surface area contributed by atoms with Crippen LogP contribution >= 0.6 is 0 Å². The molecule has 0 unspecified atom stereocenters. The predicted molar refractivity (Wildman–Crippen MR) is 157 cm³/mol. The summed E-state index contributed by atoms with van der Waals surface area (Å²) in [6, 6.07) is 21.9. The Hall–Kier alpha value is -5.05. The third-order valence-electron chi connectivity index (χ3n) is 6.64. The molecule has 0 saturated carbocycles. The number of nitrogens with zero attached hydrogens (tertiary/aromatic N) is 2. The lowest BCUT2D eigenvalue weighted by Gasteiger charge is -2.25. The fourth-order valence-corrected chi connectivity index (χ4v) is 4.57. The lowest BCUT2D eigenvalue weighted by molar-refractivity contribution is -0.126. The van der Waals surface area contributed by atoms with E-state index >= 15 is 0 Å². The van der Waals surface area contributed by atoms with Crippen LogP contribution in [-0.4, -0.2) is 41.2 Å². The number of fused-ring (bicyclic) bond motifs is 2. The summed E-state index contributed by atoms with van der Waals surface area (Å²) in [6.07, 6.45) is 10.7. The van der Waals surface area contributed by atoms with E-state index in [1.165, 1.54) is 11.0 Å². The fraction of sp³-hybridized carbons (Fsp3) is 0.219. The Bertz CT molecular complexity index is 1610. The van der Waals surface area contributed by atoms with Crippen LogP contribution in [0.4, 0.5) is 5.69 Å². The molecule has 1 aromatic heterocycles. The summed E-state index contributed by atoms with van der Waals surface area (Å²) in [4.78, 5) is 37.5. The Kier molecular flexibility index (Phi) is 8.95. The number of carbonyl (C=O) groups excluding carboxylic acids is 2. The Morgan fingerprint density at radius 1 is 0.854 bits per heavy atom. The van der Waals surface area contributed by atoms with Crippen LogP contribution in [0.2, 0.25) is 0 Å². The summed E-state index contributed by atoms with van der Waals surface area (Å²) in [7, 11) is 0. The molecule has 3 heterocycles. The lowest BCUT2D eigenvalue weighted by atomic mass is 10.1. The van der Waals surface area contributed by atoms with E-state index in [2.05, 4.69) is 5.32 Å². The van der Waals surface area contributed by atoms with Crippen molar-refractivity contribution in [3.63, 3.8) is 0 Å². The Morgan fingerprint density at radius 3 is 2.44 bits per heavy atom. The molecule has 0 radical (unpaired) electrons. The molecular formula is C32H31N3O6. The second kappa shape index (κ2) is 13.3. The van der Waals surface area contributed by atoms with Gasteiger partial charge in [0.15, 0.2) is 17.1 Å². The number of para-hydroxylation sites is 3. The van der Waals surface area contributed by atoms with Gasteiger partial charge in [0.05, 0.1) is 5.52 Å². The highest BCUT2D eigenvalue weighted by Gasteiger charge is 2.14. The van der Waals surface area contributed by atoms with Crippen LogP contribution in [0.25, 0.3) is 17.2 Å². The molecular weight excluding hydrogens is 522 g/mol. The molecule has 2 aliphatic heterocycles. The Morgan fingerprint density at radius 2 is 1.61 bits per heavy atom. The van der Waals surface area contributed by atoms with Crippen molar-refractivity contribution in [3.05, 3.63) is 107 Å². The Balaban J connectivity index is 0.000000165. The fourth-order valence-electron chi connectivity index (χ4n) is 4.57. The van der Waals surface area contributed by atoms with Crippen molar-refractivity contribution in [2.75, 3.05) is 25.2 Å². The first-order valence-corrected chi connectivity index (χ1v) is 13.5. The van der Waals surface area contributed by atoms with Gasteiger partial charge in [0, 0.05) is 24.9 Å². The van der Waals surface area contributed by atoms with Gasteiger partial charge in [-0.2, -0.15) is 0 Å². The minimum Gasteiger partial charge on any atom is -0.454 e. The molecule has 2 amide bonds. The number of aromatic nitrogens is 1. The SMILES string of the molecule is O=C(C=CC=Cc1ccc2c(c1)OCO2)N1CCCCC1.O=C(Cn1c(=O)oc2ccccc21)Nc1ccccc1. The van der Waals surface area contributed by atoms with E-state index in [0.29, 0.717) is 16.8 Å². The molecule has 1 N–H and O–H groups in total. The van der Waals surface area contributed by atoms with Crippen LogP contribution in [0.1, 0.15) is 24.8 Å². The maximum absolute atomic E-state index is 12.0. The van der Waals surface area contributed by atoms with E-state index in [9.17, 15) is 14.4 Å². The number of benzene rings is 3. The number of carbonyl (C=O) groups is 2. The minimum absolute atomic E-state index is 0.0786. The highest BCUT2D eigenvalue weighted by Crippen LogP contribution is 2.32. The van der Waals surface area contributed by atoms with Gasteiger partial charge in [-0.25, -0.2) is 4.79 Å². The second-order valence-corrected chi connectivity index (χ2v) is 9.55. The van der Waals surface area contributed by atoms with Gasteiger partial charge in [-0.1, -0.05) is 54.6 Å². The van der Waals surface area contributed by atoms with Gasteiger partial charge in [-0.05, 0) is 61.2 Å². The number of anilines is 1. The van der Waals surface area contributed by atoms with E-state index in [4.69, 9.17) is 13.9 Å². The van der Waals surface area contributed by atoms with Crippen molar-refractivity contribution in [2.24, 2.45) is 0 Å². The lowest BCUT2D eigenvalue weighted by Crippen LogP contribution is -2.34. The van der Waals surface area contributed by atoms with Crippen molar-refractivity contribution in [1.82, 2.24) is 9.47 Å². The first-order chi connectivity index (χ1) is 20.1. The van der Waals surface area contributed by atoms with Crippen molar-refractivity contribution < 1.29 is 23.5 Å². The maximum atomic E-state index is 12.0. The van der Waals surface area contributed by atoms with Gasteiger partial charge in [0.2, 0.25) is 18.6 Å². The van der Waals surface area contributed by atoms with Crippen molar-refractivity contribution in [1.29, 1.82) is 0 Å². The number of nitrogens with one attached hydrogen (secondary N) is 1. The van der Waals surface area contributed by atoms with Crippen molar-refractivity contribution >= 4 is 34.7 Å². The zero-order valence-electron chi connectivity index (χ0n) is 22.5. The smallest absolute Gasteiger partial charge is 0.420 e. The van der Waals surface area contributed by atoms with Gasteiger partial charge >= 0.3 is 5.76 Å². The largest absolute Gasteiger partial charge is 0.454 e. The van der Waals surface area contributed by atoms with Crippen LogP contribution in [0.3, 0.4) is 0 Å². The number of ether oxygens (including phenoxy) is 2. The molecule has 9 heteroatoms. The number of hydrogen-bond acceptors (Lipinski definition) is 6. The van der Waals surface area contributed by atoms with Gasteiger partial charge in [-0.15, -0.1) is 0 Å². The summed E-state index contributed by atoms with van der Waals surface area (Å²) in [6.45, 7) is 1.97. The first-order valence-electron chi connectivity index (χ1n) is 13.5. The van der Waals surface area contributed by atoms with Crippen LogP contribution < -0.4 is 20.5 Å². The standard InChI is InChI=1S/C17H19NO3.C15H12N2O3/c19-17(18-10-4-1-5-11-18)7-3-2-6-14-8-9-15-16(12-14)21-13-20-15;18-14(16-11-6-2-1-3-7-11)10-17-12-8-4-5-9-13(12)20-15(17)19/h2-3,6-9,12H,1,4-5,10-11,13H2;1-9H,10H2,(H,16,18). The molecule has 0 bridgehead atoms. The van der Waals surface area contributed by atoms with Gasteiger partial charge < -0.3 is 24.1 Å². The molecule has 3 aromatic carbocycles. The number of oxazole rings is 1. The topological polar surface area (TPSA) is 103 Å². The summed E-state index contributed by atoms with van der Waals surface area (Å²) in [5.74, 6) is 0.845. The molecule has 6 rings (SSSR count). The molecule has 41 heavy (non-hydrogen) atoms. The van der Waals surface area contributed by atoms with E-state index in [-0.39, 0.29) is 25.2 Å². The molecule has 0 aliphatic carbocycles. The molecule has 1 fully saturated rings. The second-order valence-electron chi connectivity index (χ2n) is 9.55. The number of likely N-dealkylation sites (tertiary alicyclic amines) is 1. The highest BCUT2D eigenvalue weighted by atomic mass is 16.7. The molecule has 0 atom stereocenters. The van der Waals surface area contributed by atoms with Gasteiger partial charge in [-0.3, -0.25) is 14.2 Å². The average molecular weight is 554 g/mol. The normalized spacial score (nSPS) is 14.3.